The van der Waals surface area contributed by atoms with Crippen LogP contribution >= 0.6 is 11.6 Å². The van der Waals surface area contributed by atoms with Gasteiger partial charge < -0.3 is 20.6 Å². The number of halogens is 1. The minimum atomic E-state index is -0.318. The van der Waals surface area contributed by atoms with E-state index in [4.69, 9.17) is 11.6 Å². The number of piperidine rings is 1. The summed E-state index contributed by atoms with van der Waals surface area (Å²) in [6, 6.07) is 15.7. The van der Waals surface area contributed by atoms with Crippen LogP contribution in [-0.2, 0) is 0 Å². The van der Waals surface area contributed by atoms with Gasteiger partial charge in [0.05, 0.1) is 22.4 Å². The highest BCUT2D eigenvalue weighted by atomic mass is 35.5. The third kappa shape index (κ3) is 5.50. The summed E-state index contributed by atoms with van der Waals surface area (Å²) in [6.07, 6.45) is 2.70. The van der Waals surface area contributed by atoms with Crippen molar-refractivity contribution in [2.75, 3.05) is 28.6 Å². The topological polar surface area (TPSA) is 94.6 Å². The second-order valence-electron chi connectivity index (χ2n) is 8.04. The molecule has 3 aromatic rings. The molecule has 0 radical (unpaired) electrons. The van der Waals surface area contributed by atoms with Gasteiger partial charge in [-0.1, -0.05) is 29.8 Å². The Morgan fingerprint density at radius 1 is 1.03 bits per heavy atom. The van der Waals surface area contributed by atoms with Crippen molar-refractivity contribution in [1.29, 1.82) is 0 Å². The Balaban J connectivity index is 1.43. The van der Waals surface area contributed by atoms with Crippen molar-refractivity contribution in [2.45, 2.75) is 25.9 Å². The number of anilines is 3. The summed E-state index contributed by atoms with van der Waals surface area (Å²) in [7, 11) is 0. The fourth-order valence-corrected chi connectivity index (χ4v) is 3.89. The Hall–Kier alpha value is -3.42. The molecule has 4 rings (SSSR count). The molecule has 2 amide bonds. The molecule has 1 aromatic heterocycles. The molecule has 8 heteroatoms. The second-order valence-corrected chi connectivity index (χ2v) is 8.45. The number of aliphatic hydroxyl groups is 1. The SMILES string of the molecule is Cc1ccccc1C(=O)Nc1cc(NC(=O)c2ccc(N3CCC(O)CC3)nc2)ccc1Cl. The molecular formula is C25H25ClN4O3. The van der Waals surface area contributed by atoms with Gasteiger partial charge in [-0.3, -0.25) is 9.59 Å². The average Bonchev–Trinajstić information content (AvgIpc) is 2.82. The Morgan fingerprint density at radius 2 is 1.79 bits per heavy atom. The van der Waals surface area contributed by atoms with E-state index in [0.29, 0.717) is 40.4 Å². The molecule has 0 spiro atoms. The number of rotatable bonds is 5. The number of hydrogen-bond acceptors (Lipinski definition) is 5. The van der Waals surface area contributed by atoms with Gasteiger partial charge >= 0.3 is 0 Å². The first-order chi connectivity index (χ1) is 15.9. The maximum absolute atomic E-state index is 12.7. The third-order valence-corrected chi connectivity index (χ3v) is 5.99. The number of nitrogens with zero attached hydrogens (tertiary/aromatic N) is 2. The molecule has 0 saturated carbocycles. The Bertz CT molecular complexity index is 1160. The molecule has 0 unspecified atom stereocenters. The summed E-state index contributed by atoms with van der Waals surface area (Å²) in [4.78, 5) is 31.9. The normalized spacial score (nSPS) is 14.1. The summed E-state index contributed by atoms with van der Waals surface area (Å²) in [5, 5.41) is 15.7. The lowest BCUT2D eigenvalue weighted by atomic mass is 10.1. The molecule has 1 fully saturated rings. The van der Waals surface area contributed by atoms with Gasteiger partial charge in [0.25, 0.3) is 11.8 Å². The lowest BCUT2D eigenvalue weighted by Gasteiger charge is -2.30. The second kappa shape index (κ2) is 10.0. The summed E-state index contributed by atoms with van der Waals surface area (Å²) in [5.74, 6) is 0.191. The van der Waals surface area contributed by atoms with Crippen LogP contribution in [0.15, 0.2) is 60.8 Å². The number of aryl methyl sites for hydroxylation is 1. The van der Waals surface area contributed by atoms with E-state index in [1.165, 1.54) is 6.20 Å². The molecule has 2 aromatic carbocycles. The molecule has 33 heavy (non-hydrogen) atoms. The standard InChI is InChI=1S/C25H25ClN4O3/c1-16-4-2-3-5-20(16)25(33)29-22-14-18(7-8-21(22)26)28-24(32)17-6-9-23(27-15-17)30-12-10-19(31)11-13-30/h2-9,14-15,19,31H,10-13H2,1H3,(H,28,32)(H,29,33). The fourth-order valence-electron chi connectivity index (χ4n) is 3.72. The van der Waals surface area contributed by atoms with Gasteiger partial charge in [-0.15, -0.1) is 0 Å². The molecule has 1 saturated heterocycles. The summed E-state index contributed by atoms with van der Waals surface area (Å²) < 4.78 is 0. The van der Waals surface area contributed by atoms with Crippen LogP contribution in [0.3, 0.4) is 0 Å². The monoisotopic (exact) mass is 464 g/mol. The molecule has 7 nitrogen and oxygen atoms in total. The molecule has 170 valence electrons. The van der Waals surface area contributed by atoms with Crippen LogP contribution in [0, 0.1) is 6.92 Å². The number of aliphatic hydroxyl groups excluding tert-OH is 1. The minimum Gasteiger partial charge on any atom is -0.393 e. The van der Waals surface area contributed by atoms with E-state index in [1.807, 2.05) is 25.1 Å². The lowest BCUT2D eigenvalue weighted by molar-refractivity contribution is 0.101. The zero-order valence-corrected chi connectivity index (χ0v) is 19.0. The van der Waals surface area contributed by atoms with Gasteiger partial charge in [0.2, 0.25) is 0 Å². The zero-order chi connectivity index (χ0) is 23.4. The average molecular weight is 465 g/mol. The van der Waals surface area contributed by atoms with E-state index >= 15 is 0 Å². The molecule has 0 aliphatic carbocycles. The quantitative estimate of drug-likeness (QED) is 0.516. The van der Waals surface area contributed by atoms with Crippen molar-refractivity contribution in [3.05, 3.63) is 82.5 Å². The van der Waals surface area contributed by atoms with Crippen molar-refractivity contribution in [3.63, 3.8) is 0 Å². The van der Waals surface area contributed by atoms with Crippen LogP contribution < -0.4 is 15.5 Å². The predicted octanol–water partition coefficient (Wildman–Crippen LogP) is 4.51. The highest BCUT2D eigenvalue weighted by Crippen LogP contribution is 2.27. The maximum Gasteiger partial charge on any atom is 0.257 e. The molecular weight excluding hydrogens is 440 g/mol. The number of benzene rings is 2. The van der Waals surface area contributed by atoms with Crippen LogP contribution in [-0.4, -0.2) is 41.1 Å². The van der Waals surface area contributed by atoms with Crippen molar-refractivity contribution in [3.8, 4) is 0 Å². The van der Waals surface area contributed by atoms with Crippen molar-refractivity contribution < 1.29 is 14.7 Å². The molecule has 0 atom stereocenters. The van der Waals surface area contributed by atoms with Crippen LogP contribution in [0.2, 0.25) is 5.02 Å². The van der Waals surface area contributed by atoms with Gasteiger partial charge in [0, 0.05) is 30.5 Å². The maximum atomic E-state index is 12.7. The first-order valence-electron chi connectivity index (χ1n) is 10.8. The van der Waals surface area contributed by atoms with Gasteiger partial charge in [0.15, 0.2) is 0 Å². The predicted molar refractivity (Wildman–Crippen MR) is 130 cm³/mol. The molecule has 1 aliphatic heterocycles. The van der Waals surface area contributed by atoms with Gasteiger partial charge in [-0.25, -0.2) is 4.98 Å². The number of nitrogens with one attached hydrogen (secondary N) is 2. The highest BCUT2D eigenvalue weighted by Gasteiger charge is 2.18. The van der Waals surface area contributed by atoms with Crippen LogP contribution in [0.1, 0.15) is 39.1 Å². The third-order valence-electron chi connectivity index (χ3n) is 5.66. The first-order valence-corrected chi connectivity index (χ1v) is 11.2. The van der Waals surface area contributed by atoms with E-state index in [2.05, 4.69) is 20.5 Å². The Labute approximate surface area is 197 Å². The Morgan fingerprint density at radius 3 is 2.48 bits per heavy atom. The number of aromatic nitrogens is 1. The molecule has 0 bridgehead atoms. The number of carbonyl (C=O) groups is 2. The fraction of sp³-hybridized carbons (Fsp3) is 0.240. The molecule has 1 aliphatic rings. The number of amides is 2. The summed E-state index contributed by atoms with van der Waals surface area (Å²) in [5.41, 5.74) is 2.72. The van der Waals surface area contributed by atoms with E-state index in [0.717, 1.165) is 24.5 Å². The van der Waals surface area contributed by atoms with Crippen molar-refractivity contribution in [1.82, 2.24) is 4.98 Å². The number of hydrogen-bond donors (Lipinski definition) is 3. The van der Waals surface area contributed by atoms with Crippen LogP contribution in [0.5, 0.6) is 0 Å². The smallest absolute Gasteiger partial charge is 0.257 e. The van der Waals surface area contributed by atoms with Crippen molar-refractivity contribution in [2.24, 2.45) is 0 Å². The number of pyridine rings is 1. The van der Waals surface area contributed by atoms with Crippen LogP contribution in [0.25, 0.3) is 0 Å². The Kier molecular flexibility index (Phi) is 6.91. The molecule has 2 heterocycles. The van der Waals surface area contributed by atoms with Gasteiger partial charge in [-0.05, 0) is 61.7 Å². The van der Waals surface area contributed by atoms with E-state index in [9.17, 15) is 14.7 Å². The van der Waals surface area contributed by atoms with E-state index in [1.54, 1.807) is 36.4 Å². The lowest BCUT2D eigenvalue weighted by Crippen LogP contribution is -2.36. The van der Waals surface area contributed by atoms with Crippen molar-refractivity contribution >= 4 is 40.6 Å². The van der Waals surface area contributed by atoms with E-state index < -0.39 is 0 Å². The summed E-state index contributed by atoms with van der Waals surface area (Å²) >= 11 is 6.26. The van der Waals surface area contributed by atoms with Crippen LogP contribution in [0.4, 0.5) is 17.2 Å². The molecule has 3 N–H and O–H groups in total. The zero-order valence-electron chi connectivity index (χ0n) is 18.2. The summed E-state index contributed by atoms with van der Waals surface area (Å²) in [6.45, 7) is 3.34. The highest BCUT2D eigenvalue weighted by molar-refractivity contribution is 6.34. The largest absolute Gasteiger partial charge is 0.393 e. The van der Waals surface area contributed by atoms with E-state index in [-0.39, 0.29) is 17.9 Å². The number of carbonyl (C=O) groups excluding carboxylic acids is 2. The van der Waals surface area contributed by atoms with Gasteiger partial charge in [0.1, 0.15) is 5.82 Å². The van der Waals surface area contributed by atoms with Gasteiger partial charge in [-0.2, -0.15) is 0 Å². The first kappa shape index (κ1) is 22.8. The minimum absolute atomic E-state index is 0.253.